The average molecular weight is 564 g/mol. The zero-order chi connectivity index (χ0) is 30.3. The van der Waals surface area contributed by atoms with Gasteiger partial charge in [0, 0.05) is 30.4 Å². The van der Waals surface area contributed by atoms with Crippen LogP contribution < -0.4 is 0 Å². The Morgan fingerprint density at radius 2 is 1.62 bits per heavy atom. The minimum absolute atomic E-state index is 0.0137. The highest BCUT2D eigenvalue weighted by molar-refractivity contribution is 6.00. The van der Waals surface area contributed by atoms with Crippen LogP contribution in [-0.2, 0) is 33.3 Å². The van der Waals surface area contributed by atoms with Gasteiger partial charge in [-0.15, -0.1) is 0 Å². The van der Waals surface area contributed by atoms with Crippen molar-refractivity contribution < 1.29 is 38.1 Å². The molecule has 40 heavy (non-hydrogen) atoms. The number of hydrogen-bond acceptors (Lipinski definition) is 8. The zero-order valence-electron chi connectivity index (χ0n) is 26.1. The number of amides is 1. The van der Waals surface area contributed by atoms with E-state index >= 15 is 0 Å². The lowest BCUT2D eigenvalue weighted by Gasteiger charge is -2.45. The molecule has 226 valence electrons. The van der Waals surface area contributed by atoms with Gasteiger partial charge in [-0.2, -0.15) is 0 Å². The summed E-state index contributed by atoms with van der Waals surface area (Å²) in [5.41, 5.74) is 0.147. The van der Waals surface area contributed by atoms with E-state index in [1.165, 1.54) is 4.90 Å². The van der Waals surface area contributed by atoms with Crippen LogP contribution in [0, 0.1) is 35.0 Å². The molecule has 0 saturated carbocycles. The molecule has 0 aromatic carbocycles. The number of ether oxygens (including phenoxy) is 4. The lowest BCUT2D eigenvalue weighted by Crippen LogP contribution is -2.50. The summed E-state index contributed by atoms with van der Waals surface area (Å²) >= 11 is 0. The minimum Gasteiger partial charge on any atom is -0.457 e. The van der Waals surface area contributed by atoms with Crippen molar-refractivity contribution in [3.63, 3.8) is 0 Å². The standard InChI is InChI=1S/C31H49NO8/c1-12-22-26-23(32(11)30(36)39-26)19(6)24(33)16(3)14-31(9,10)27(20(7)25(34)21(8)28(35)38-22)40-29-18(5)15(2)13-17(4)37-29/h15-18,20-22,26-27,29H,12-14H2,1-11H3/t15-,16+,17+,18+,20-,21+,22+,26+,27+,29?/m0/s1. The monoisotopic (exact) mass is 563 g/mol. The van der Waals surface area contributed by atoms with E-state index in [4.69, 9.17) is 18.9 Å². The summed E-state index contributed by atoms with van der Waals surface area (Å²) in [6.07, 6.45) is -1.84. The number of nitrogens with zero attached hydrogens (tertiary/aromatic N) is 1. The molecular formula is C31H49NO8. The second kappa shape index (κ2) is 12.3. The van der Waals surface area contributed by atoms with E-state index in [9.17, 15) is 19.2 Å². The predicted octanol–water partition coefficient (Wildman–Crippen LogP) is 5.30. The third-order valence-corrected chi connectivity index (χ3v) is 9.30. The van der Waals surface area contributed by atoms with Gasteiger partial charge in [0.2, 0.25) is 0 Å². The fourth-order valence-corrected chi connectivity index (χ4v) is 6.71. The predicted molar refractivity (Wildman–Crippen MR) is 149 cm³/mol. The summed E-state index contributed by atoms with van der Waals surface area (Å²) in [6.45, 7) is 19.0. The number of fused-ring (bicyclic) bond motifs is 1. The number of Topliss-reactive ketones (excluding diaryl/α,β-unsaturated/α-hetero) is 2. The highest BCUT2D eigenvalue weighted by Gasteiger charge is 2.48. The van der Waals surface area contributed by atoms with E-state index in [1.807, 2.05) is 27.7 Å². The smallest absolute Gasteiger partial charge is 0.414 e. The van der Waals surface area contributed by atoms with E-state index in [0.717, 1.165) is 6.42 Å². The molecule has 1 amide bonds. The van der Waals surface area contributed by atoms with Gasteiger partial charge < -0.3 is 18.9 Å². The van der Waals surface area contributed by atoms with Crippen LogP contribution in [0.5, 0.6) is 0 Å². The summed E-state index contributed by atoms with van der Waals surface area (Å²) in [5, 5.41) is 0. The van der Waals surface area contributed by atoms with Gasteiger partial charge in [-0.25, -0.2) is 4.79 Å². The second-order valence-corrected chi connectivity index (χ2v) is 13.1. The van der Waals surface area contributed by atoms with Crippen LogP contribution in [0.3, 0.4) is 0 Å². The van der Waals surface area contributed by atoms with Crippen LogP contribution in [0.4, 0.5) is 4.79 Å². The van der Waals surface area contributed by atoms with Gasteiger partial charge in [0.15, 0.2) is 24.0 Å². The first-order valence-corrected chi connectivity index (χ1v) is 14.8. The van der Waals surface area contributed by atoms with E-state index in [-0.39, 0.29) is 23.6 Å². The summed E-state index contributed by atoms with van der Waals surface area (Å²) in [4.78, 5) is 54.8. The van der Waals surface area contributed by atoms with Gasteiger partial charge in [-0.3, -0.25) is 19.3 Å². The lowest BCUT2D eigenvalue weighted by atomic mass is 9.71. The van der Waals surface area contributed by atoms with Crippen LogP contribution in [0.2, 0.25) is 0 Å². The number of esters is 1. The molecule has 0 aromatic rings. The van der Waals surface area contributed by atoms with Crippen molar-refractivity contribution in [1.29, 1.82) is 0 Å². The zero-order valence-corrected chi connectivity index (χ0v) is 26.1. The minimum atomic E-state index is -1.06. The van der Waals surface area contributed by atoms with Gasteiger partial charge in [-0.1, -0.05) is 48.5 Å². The molecule has 0 radical (unpaired) electrons. The molecule has 3 rings (SSSR count). The number of rotatable bonds is 3. The highest BCUT2D eigenvalue weighted by Crippen LogP contribution is 2.42. The Bertz CT molecular complexity index is 1030. The van der Waals surface area contributed by atoms with Crippen molar-refractivity contribution in [2.45, 2.75) is 119 Å². The third-order valence-electron chi connectivity index (χ3n) is 9.30. The highest BCUT2D eigenvalue weighted by atomic mass is 16.7. The number of allylic oxidation sites excluding steroid dienone is 1. The average Bonchev–Trinajstić information content (AvgIpc) is 3.18. The number of carbonyl (C=O) groups is 4. The van der Waals surface area contributed by atoms with Gasteiger partial charge in [0.25, 0.3) is 0 Å². The molecule has 3 heterocycles. The summed E-state index contributed by atoms with van der Waals surface area (Å²) in [5.74, 6) is -2.81. The molecule has 2 fully saturated rings. The lowest BCUT2D eigenvalue weighted by molar-refractivity contribution is -0.267. The summed E-state index contributed by atoms with van der Waals surface area (Å²) < 4.78 is 24.3. The van der Waals surface area contributed by atoms with Crippen LogP contribution in [0.15, 0.2) is 11.3 Å². The molecule has 10 atom stereocenters. The van der Waals surface area contributed by atoms with E-state index < -0.39 is 59.8 Å². The topological polar surface area (TPSA) is 108 Å². The third kappa shape index (κ3) is 6.30. The second-order valence-electron chi connectivity index (χ2n) is 13.1. The maximum absolute atomic E-state index is 13.8. The molecule has 0 N–H and O–H groups in total. The maximum Gasteiger partial charge on any atom is 0.414 e. The molecule has 0 aliphatic carbocycles. The molecule has 0 spiro atoms. The largest absolute Gasteiger partial charge is 0.457 e. The van der Waals surface area contributed by atoms with Crippen LogP contribution in [0.1, 0.15) is 88.5 Å². The summed E-state index contributed by atoms with van der Waals surface area (Å²) in [6, 6.07) is 0. The quantitative estimate of drug-likeness (QED) is 0.336. The number of carbonyl (C=O) groups excluding carboxylic acids is 4. The molecule has 2 saturated heterocycles. The van der Waals surface area contributed by atoms with Crippen molar-refractivity contribution in [3.8, 4) is 0 Å². The maximum atomic E-state index is 13.8. The fraction of sp³-hybridized carbons (Fsp3) is 0.806. The van der Waals surface area contributed by atoms with Crippen molar-refractivity contribution in [2.24, 2.45) is 35.0 Å². The molecule has 0 bridgehead atoms. The Kier molecular flexibility index (Phi) is 9.93. The Labute approximate surface area is 239 Å². The van der Waals surface area contributed by atoms with Gasteiger partial charge in [-0.05, 0) is 51.4 Å². The Morgan fingerprint density at radius 1 is 1.00 bits per heavy atom. The Hall–Kier alpha value is -2.26. The fourth-order valence-electron chi connectivity index (χ4n) is 6.71. The van der Waals surface area contributed by atoms with E-state index in [1.54, 1.807) is 34.7 Å². The van der Waals surface area contributed by atoms with Gasteiger partial charge in [0.05, 0.1) is 17.9 Å². The van der Waals surface area contributed by atoms with Gasteiger partial charge >= 0.3 is 12.1 Å². The molecule has 0 aromatic heterocycles. The summed E-state index contributed by atoms with van der Waals surface area (Å²) in [7, 11) is 1.55. The van der Waals surface area contributed by atoms with E-state index in [0.29, 0.717) is 30.0 Å². The normalized spacial score (nSPS) is 39.9. The van der Waals surface area contributed by atoms with Crippen molar-refractivity contribution in [1.82, 2.24) is 4.90 Å². The number of ketones is 2. The molecule has 9 nitrogen and oxygen atoms in total. The molecule has 9 heteroatoms. The van der Waals surface area contributed by atoms with Crippen molar-refractivity contribution in [3.05, 3.63) is 11.3 Å². The number of hydrogen-bond donors (Lipinski definition) is 0. The number of likely N-dealkylation sites (N-methyl/N-ethyl adjacent to an activating group) is 1. The van der Waals surface area contributed by atoms with Gasteiger partial charge in [0.1, 0.15) is 12.0 Å². The first-order valence-electron chi connectivity index (χ1n) is 14.8. The van der Waals surface area contributed by atoms with Crippen LogP contribution in [0.25, 0.3) is 0 Å². The molecular weight excluding hydrogens is 514 g/mol. The first kappa shape index (κ1) is 32.3. The van der Waals surface area contributed by atoms with Crippen LogP contribution >= 0.6 is 0 Å². The van der Waals surface area contributed by atoms with Crippen molar-refractivity contribution in [2.75, 3.05) is 7.05 Å². The first-order chi connectivity index (χ1) is 18.5. The van der Waals surface area contributed by atoms with Crippen molar-refractivity contribution >= 4 is 23.6 Å². The Morgan fingerprint density at radius 3 is 2.23 bits per heavy atom. The molecule has 3 aliphatic rings. The van der Waals surface area contributed by atoms with Crippen LogP contribution in [-0.4, -0.2) is 66.3 Å². The molecule has 3 aliphatic heterocycles. The SMILES string of the molecule is CC[C@H]1OC(=O)[C@H](C)C(=O)[C@H](C)[C@@H](OC2O[C@H](C)C[C@H](C)[C@H]2C)C(C)(C)C[C@@H](C)C(=O)C(C)=C2[C@@H]1OC(=O)N2C. The Balaban J connectivity index is 2.09. The number of cyclic esters (lactones) is 1. The van der Waals surface area contributed by atoms with E-state index in [2.05, 4.69) is 13.8 Å². The molecule has 1 unspecified atom stereocenters.